The topological polar surface area (TPSA) is 56.7 Å². The summed E-state index contributed by atoms with van der Waals surface area (Å²) < 4.78 is 7.64. The molecule has 0 fully saturated rings. The molecule has 0 saturated carbocycles. The van der Waals surface area contributed by atoms with Gasteiger partial charge in [0.2, 0.25) is 5.89 Å². The summed E-state index contributed by atoms with van der Waals surface area (Å²) in [4.78, 5) is 9.15. The molecule has 0 amide bonds. The fourth-order valence-electron chi connectivity index (χ4n) is 2.06. The quantitative estimate of drug-likeness (QED) is 0.775. The Morgan fingerprint density at radius 2 is 1.86 bits per heavy atom. The van der Waals surface area contributed by atoms with Gasteiger partial charge < -0.3 is 9.09 Å². The molecule has 0 aliphatic heterocycles. The van der Waals surface area contributed by atoms with Gasteiger partial charge in [-0.05, 0) is 19.8 Å². The highest BCUT2D eigenvalue weighted by molar-refractivity contribution is 7.98. The van der Waals surface area contributed by atoms with Crippen LogP contribution in [0.15, 0.2) is 9.68 Å². The molecule has 2 heterocycles. The Balaban J connectivity index is 2.11. The molecule has 22 heavy (non-hydrogen) atoms. The lowest BCUT2D eigenvalue weighted by Gasteiger charge is -2.12. The molecule has 0 aromatic carbocycles. The maximum Gasteiger partial charge on any atom is 0.237 e. The lowest BCUT2D eigenvalue weighted by atomic mass is 9.96. The Hall–Kier alpha value is -1.30. The molecule has 2 aromatic heterocycles. The summed E-state index contributed by atoms with van der Waals surface area (Å²) in [6, 6.07) is 0. The van der Waals surface area contributed by atoms with Crippen molar-refractivity contribution in [3.63, 3.8) is 0 Å². The molecule has 2 rings (SSSR count). The number of nitrogens with zero attached hydrogens (tertiary/aromatic N) is 4. The van der Waals surface area contributed by atoms with Crippen LogP contribution in [0.4, 0.5) is 0 Å². The van der Waals surface area contributed by atoms with Crippen LogP contribution in [0.2, 0.25) is 0 Å². The Morgan fingerprint density at radius 3 is 2.41 bits per heavy atom. The monoisotopic (exact) mass is 322 g/mol. The number of hydrogen-bond donors (Lipinski definition) is 0. The number of hydrogen-bond acceptors (Lipinski definition) is 5. The second-order valence-electron chi connectivity index (χ2n) is 7.12. The Kier molecular flexibility index (Phi) is 5.00. The average molecular weight is 322 g/mol. The largest absolute Gasteiger partial charge is 0.338 e. The third kappa shape index (κ3) is 3.91. The number of imidazole rings is 1. The van der Waals surface area contributed by atoms with Gasteiger partial charge in [0.05, 0.1) is 11.4 Å². The second-order valence-corrected chi connectivity index (χ2v) is 8.06. The van der Waals surface area contributed by atoms with Crippen molar-refractivity contribution < 1.29 is 4.52 Å². The average Bonchev–Trinajstić information content (AvgIpc) is 2.96. The first-order valence-electron chi connectivity index (χ1n) is 7.68. The second kappa shape index (κ2) is 6.44. The summed E-state index contributed by atoms with van der Waals surface area (Å²) in [7, 11) is 0. The number of aromatic nitrogens is 4. The highest BCUT2D eigenvalue weighted by Crippen LogP contribution is 2.26. The van der Waals surface area contributed by atoms with Crippen LogP contribution < -0.4 is 0 Å². The first-order chi connectivity index (χ1) is 10.2. The maximum absolute atomic E-state index is 5.35. The van der Waals surface area contributed by atoms with Crippen molar-refractivity contribution >= 4 is 11.8 Å². The minimum atomic E-state index is -0.0876. The molecule has 0 bridgehead atoms. The van der Waals surface area contributed by atoms with Crippen molar-refractivity contribution in [2.45, 2.75) is 71.3 Å². The van der Waals surface area contributed by atoms with E-state index in [-0.39, 0.29) is 5.41 Å². The van der Waals surface area contributed by atoms with Gasteiger partial charge >= 0.3 is 0 Å². The molecule has 0 atom stereocenters. The first-order valence-corrected chi connectivity index (χ1v) is 8.66. The van der Waals surface area contributed by atoms with Gasteiger partial charge in [0.1, 0.15) is 0 Å². The number of rotatable bonds is 5. The van der Waals surface area contributed by atoms with E-state index in [1.54, 1.807) is 11.8 Å². The van der Waals surface area contributed by atoms with Crippen LogP contribution >= 0.6 is 11.8 Å². The van der Waals surface area contributed by atoms with Crippen molar-refractivity contribution in [3.05, 3.63) is 23.1 Å². The van der Waals surface area contributed by atoms with E-state index in [0.29, 0.717) is 17.6 Å². The van der Waals surface area contributed by atoms with E-state index in [1.165, 1.54) is 5.69 Å². The number of aryl methyl sites for hydroxylation is 1. The van der Waals surface area contributed by atoms with Crippen molar-refractivity contribution in [3.8, 4) is 0 Å². The lowest BCUT2D eigenvalue weighted by molar-refractivity contribution is 0.372. The van der Waals surface area contributed by atoms with E-state index in [9.17, 15) is 0 Å². The van der Waals surface area contributed by atoms with Crippen LogP contribution in [0.1, 0.15) is 57.7 Å². The predicted molar refractivity (Wildman–Crippen MR) is 89.1 cm³/mol. The van der Waals surface area contributed by atoms with Crippen LogP contribution in [-0.2, 0) is 17.7 Å². The normalized spacial score (nSPS) is 12.4. The fourth-order valence-corrected chi connectivity index (χ4v) is 3.00. The van der Waals surface area contributed by atoms with Gasteiger partial charge in [-0.3, -0.25) is 0 Å². The highest BCUT2D eigenvalue weighted by Gasteiger charge is 2.21. The van der Waals surface area contributed by atoms with Gasteiger partial charge in [0, 0.05) is 17.7 Å². The van der Waals surface area contributed by atoms with Gasteiger partial charge in [0.15, 0.2) is 11.0 Å². The zero-order chi connectivity index (χ0) is 16.5. The summed E-state index contributed by atoms with van der Waals surface area (Å²) in [6.07, 6.45) is 0. The van der Waals surface area contributed by atoms with Gasteiger partial charge in [-0.15, -0.1) is 0 Å². The summed E-state index contributed by atoms with van der Waals surface area (Å²) in [5, 5.41) is 5.09. The molecule has 0 radical (unpaired) electrons. The van der Waals surface area contributed by atoms with Crippen LogP contribution in [0.25, 0.3) is 0 Å². The van der Waals surface area contributed by atoms with Crippen LogP contribution in [-0.4, -0.2) is 19.7 Å². The Morgan fingerprint density at radius 1 is 1.18 bits per heavy atom. The predicted octanol–water partition coefficient (Wildman–Crippen LogP) is 4.13. The van der Waals surface area contributed by atoms with Crippen molar-refractivity contribution in [2.24, 2.45) is 5.92 Å². The molecule has 0 unspecified atom stereocenters. The molecular formula is C16H26N4OS. The molecular weight excluding hydrogens is 296 g/mol. The summed E-state index contributed by atoms with van der Waals surface area (Å²) in [6.45, 7) is 15.8. The highest BCUT2D eigenvalue weighted by atomic mass is 32.2. The van der Waals surface area contributed by atoms with Crippen molar-refractivity contribution in [1.82, 2.24) is 19.7 Å². The van der Waals surface area contributed by atoms with E-state index in [0.717, 1.165) is 23.2 Å². The zero-order valence-electron chi connectivity index (χ0n) is 14.6. The van der Waals surface area contributed by atoms with Crippen LogP contribution in [0.3, 0.4) is 0 Å². The molecule has 0 saturated heterocycles. The molecule has 0 aliphatic carbocycles. The molecule has 0 aliphatic rings. The zero-order valence-corrected chi connectivity index (χ0v) is 15.4. The van der Waals surface area contributed by atoms with E-state index < -0.39 is 0 Å². The van der Waals surface area contributed by atoms with E-state index >= 15 is 0 Å². The molecule has 5 nitrogen and oxygen atoms in total. The minimum absolute atomic E-state index is 0.0876. The molecule has 122 valence electrons. The summed E-state index contributed by atoms with van der Waals surface area (Å²) in [5.41, 5.74) is 2.23. The van der Waals surface area contributed by atoms with E-state index in [2.05, 4.69) is 68.2 Å². The lowest BCUT2D eigenvalue weighted by Crippen LogP contribution is -2.13. The molecule has 2 aromatic rings. The van der Waals surface area contributed by atoms with Crippen LogP contribution in [0.5, 0.6) is 0 Å². The van der Waals surface area contributed by atoms with Crippen LogP contribution in [0, 0.1) is 19.8 Å². The van der Waals surface area contributed by atoms with Crippen molar-refractivity contribution in [1.29, 1.82) is 0 Å². The summed E-state index contributed by atoms with van der Waals surface area (Å²) >= 11 is 1.66. The standard InChI is InChI=1S/C16H26N4OS/c1-10(2)8-20-12(4)11(3)17-15(20)22-9-13-18-14(19-21-13)16(5,6)7/h10H,8-9H2,1-7H3. The fraction of sp³-hybridized carbons (Fsp3) is 0.688. The van der Waals surface area contributed by atoms with Gasteiger partial charge in [-0.25, -0.2) is 4.98 Å². The minimum Gasteiger partial charge on any atom is -0.338 e. The van der Waals surface area contributed by atoms with Crippen molar-refractivity contribution in [2.75, 3.05) is 0 Å². The van der Waals surface area contributed by atoms with E-state index in [1.807, 2.05) is 0 Å². The van der Waals surface area contributed by atoms with E-state index in [4.69, 9.17) is 4.52 Å². The maximum atomic E-state index is 5.35. The molecule has 6 heteroatoms. The first kappa shape index (κ1) is 17.1. The Bertz CT molecular complexity index is 637. The third-order valence-electron chi connectivity index (χ3n) is 3.43. The van der Waals surface area contributed by atoms with Gasteiger partial charge in [0.25, 0.3) is 0 Å². The molecule has 0 N–H and O–H groups in total. The SMILES string of the molecule is Cc1nc(SCc2nc(C(C)(C)C)no2)n(CC(C)C)c1C. The summed E-state index contributed by atoms with van der Waals surface area (Å²) in [5.74, 6) is 2.64. The van der Waals surface area contributed by atoms with Gasteiger partial charge in [-0.1, -0.05) is 51.5 Å². The number of thioether (sulfide) groups is 1. The Labute approximate surface area is 136 Å². The third-order valence-corrected chi connectivity index (χ3v) is 4.40. The smallest absolute Gasteiger partial charge is 0.237 e. The molecule has 0 spiro atoms. The van der Waals surface area contributed by atoms with Gasteiger partial charge in [-0.2, -0.15) is 4.98 Å².